The standard InChI is InChI=1S/C36H23NO/c1-2-9-24(10-3-1)25-11-8-12-26(21-25)27-17-19-34-31(22-27)29-13-4-6-15-33(29)37(34)28-18-20-36-32(23-28)30-14-5-7-16-35(30)38-36/h1-23H. The Kier molecular flexibility index (Phi) is 4.55. The van der Waals surface area contributed by atoms with E-state index in [1.54, 1.807) is 0 Å². The molecular weight excluding hydrogens is 462 g/mol. The number of fused-ring (bicyclic) bond motifs is 6. The molecule has 0 saturated carbocycles. The summed E-state index contributed by atoms with van der Waals surface area (Å²) in [4.78, 5) is 0. The lowest BCUT2D eigenvalue weighted by atomic mass is 9.98. The van der Waals surface area contributed by atoms with Gasteiger partial charge in [-0.25, -0.2) is 0 Å². The molecule has 0 bridgehead atoms. The molecular formula is C36H23NO. The summed E-state index contributed by atoms with van der Waals surface area (Å²) in [5, 5.41) is 4.78. The number of furan rings is 1. The highest BCUT2D eigenvalue weighted by atomic mass is 16.3. The Morgan fingerprint density at radius 3 is 1.92 bits per heavy atom. The van der Waals surface area contributed by atoms with Gasteiger partial charge in [-0.2, -0.15) is 0 Å². The molecule has 178 valence electrons. The summed E-state index contributed by atoms with van der Waals surface area (Å²) >= 11 is 0. The Bertz CT molecular complexity index is 2130. The summed E-state index contributed by atoms with van der Waals surface area (Å²) in [7, 11) is 0. The van der Waals surface area contributed by atoms with Gasteiger partial charge in [-0.15, -0.1) is 0 Å². The van der Waals surface area contributed by atoms with Crippen molar-refractivity contribution in [3.8, 4) is 27.9 Å². The second-order valence-electron chi connectivity index (χ2n) is 9.81. The Labute approximate surface area is 220 Å². The van der Waals surface area contributed by atoms with Gasteiger partial charge in [0, 0.05) is 27.2 Å². The lowest BCUT2D eigenvalue weighted by Gasteiger charge is -2.09. The van der Waals surface area contributed by atoms with Gasteiger partial charge in [-0.05, 0) is 70.8 Å². The van der Waals surface area contributed by atoms with Crippen molar-refractivity contribution >= 4 is 43.7 Å². The smallest absolute Gasteiger partial charge is 0.135 e. The first-order valence-electron chi connectivity index (χ1n) is 12.9. The van der Waals surface area contributed by atoms with Crippen LogP contribution in [0.25, 0.3) is 71.7 Å². The van der Waals surface area contributed by atoms with Crippen LogP contribution in [0.3, 0.4) is 0 Å². The average molecular weight is 486 g/mol. The fourth-order valence-corrected chi connectivity index (χ4v) is 5.79. The fourth-order valence-electron chi connectivity index (χ4n) is 5.79. The van der Waals surface area contributed by atoms with Crippen LogP contribution in [0.5, 0.6) is 0 Å². The van der Waals surface area contributed by atoms with E-state index in [0.717, 1.165) is 27.6 Å². The van der Waals surface area contributed by atoms with Crippen LogP contribution in [0.15, 0.2) is 144 Å². The highest BCUT2D eigenvalue weighted by Crippen LogP contribution is 2.37. The van der Waals surface area contributed by atoms with Crippen molar-refractivity contribution in [2.24, 2.45) is 0 Å². The van der Waals surface area contributed by atoms with E-state index in [9.17, 15) is 0 Å². The Balaban J connectivity index is 1.33. The number of para-hydroxylation sites is 2. The van der Waals surface area contributed by atoms with Gasteiger partial charge in [-0.1, -0.05) is 91.0 Å². The normalized spacial score (nSPS) is 11.7. The lowest BCUT2D eigenvalue weighted by molar-refractivity contribution is 0.669. The summed E-state index contributed by atoms with van der Waals surface area (Å²) < 4.78 is 8.47. The van der Waals surface area contributed by atoms with Crippen LogP contribution in [0.4, 0.5) is 0 Å². The van der Waals surface area contributed by atoms with E-state index in [0.29, 0.717) is 0 Å². The molecule has 0 amide bonds. The van der Waals surface area contributed by atoms with Gasteiger partial charge < -0.3 is 8.98 Å². The molecule has 8 aromatic rings. The average Bonchev–Trinajstić information content (AvgIpc) is 3.52. The number of nitrogens with zero attached hydrogens (tertiary/aromatic N) is 1. The zero-order chi connectivity index (χ0) is 25.1. The van der Waals surface area contributed by atoms with Gasteiger partial charge in [0.15, 0.2) is 0 Å². The minimum absolute atomic E-state index is 0.913. The number of rotatable bonds is 3. The first-order chi connectivity index (χ1) is 18.8. The van der Waals surface area contributed by atoms with E-state index >= 15 is 0 Å². The molecule has 0 saturated heterocycles. The first-order valence-corrected chi connectivity index (χ1v) is 12.9. The molecule has 0 aliphatic heterocycles. The molecule has 2 aromatic heterocycles. The van der Waals surface area contributed by atoms with Crippen LogP contribution in [-0.2, 0) is 0 Å². The van der Waals surface area contributed by atoms with Gasteiger partial charge >= 0.3 is 0 Å². The summed E-state index contributed by atoms with van der Waals surface area (Å²) in [5.74, 6) is 0. The lowest BCUT2D eigenvalue weighted by Crippen LogP contribution is -1.93. The van der Waals surface area contributed by atoms with Crippen LogP contribution < -0.4 is 0 Å². The van der Waals surface area contributed by atoms with Crippen LogP contribution in [0.2, 0.25) is 0 Å². The van der Waals surface area contributed by atoms with Gasteiger partial charge in [0.25, 0.3) is 0 Å². The van der Waals surface area contributed by atoms with Gasteiger partial charge in [-0.3, -0.25) is 0 Å². The number of hydrogen-bond donors (Lipinski definition) is 0. The first kappa shape index (κ1) is 21.0. The van der Waals surface area contributed by atoms with Crippen molar-refractivity contribution in [3.63, 3.8) is 0 Å². The monoisotopic (exact) mass is 485 g/mol. The van der Waals surface area contributed by atoms with Crippen molar-refractivity contribution in [2.75, 3.05) is 0 Å². The summed E-state index contributed by atoms with van der Waals surface area (Å²) in [6, 6.07) is 49.7. The predicted octanol–water partition coefficient (Wildman–Crippen LogP) is 10.0. The molecule has 0 unspecified atom stereocenters. The molecule has 0 fully saturated rings. The molecule has 0 radical (unpaired) electrons. The molecule has 0 aliphatic carbocycles. The summed E-state index contributed by atoms with van der Waals surface area (Å²) in [6.45, 7) is 0. The Morgan fingerprint density at radius 1 is 0.368 bits per heavy atom. The van der Waals surface area contributed by atoms with Crippen molar-refractivity contribution < 1.29 is 4.42 Å². The molecule has 0 spiro atoms. The maximum Gasteiger partial charge on any atom is 0.135 e. The van der Waals surface area contributed by atoms with E-state index in [4.69, 9.17) is 4.42 Å². The number of benzene rings is 6. The summed E-state index contributed by atoms with van der Waals surface area (Å²) in [6.07, 6.45) is 0. The minimum Gasteiger partial charge on any atom is -0.456 e. The minimum atomic E-state index is 0.913. The third kappa shape index (κ3) is 3.21. The van der Waals surface area contributed by atoms with Gasteiger partial charge in [0.2, 0.25) is 0 Å². The van der Waals surface area contributed by atoms with Gasteiger partial charge in [0.05, 0.1) is 11.0 Å². The largest absolute Gasteiger partial charge is 0.456 e. The molecule has 0 aliphatic rings. The van der Waals surface area contributed by atoms with Crippen LogP contribution in [0, 0.1) is 0 Å². The third-order valence-electron chi connectivity index (χ3n) is 7.59. The second kappa shape index (κ2) is 8.22. The SMILES string of the molecule is c1ccc(-c2cccc(-c3ccc4c(c3)c3ccccc3n4-c3ccc4oc5ccccc5c4c3)c2)cc1. The van der Waals surface area contributed by atoms with Crippen molar-refractivity contribution in [1.82, 2.24) is 4.57 Å². The van der Waals surface area contributed by atoms with E-state index in [1.807, 2.05) is 12.1 Å². The van der Waals surface area contributed by atoms with E-state index in [-0.39, 0.29) is 0 Å². The van der Waals surface area contributed by atoms with Crippen molar-refractivity contribution in [3.05, 3.63) is 140 Å². The predicted molar refractivity (Wildman–Crippen MR) is 159 cm³/mol. The molecule has 8 rings (SSSR count). The van der Waals surface area contributed by atoms with Crippen molar-refractivity contribution in [2.45, 2.75) is 0 Å². The topological polar surface area (TPSA) is 18.1 Å². The number of aromatic nitrogens is 1. The van der Waals surface area contributed by atoms with Crippen LogP contribution >= 0.6 is 0 Å². The zero-order valence-corrected chi connectivity index (χ0v) is 20.6. The highest BCUT2D eigenvalue weighted by Gasteiger charge is 2.15. The van der Waals surface area contributed by atoms with Crippen LogP contribution in [-0.4, -0.2) is 4.57 Å². The van der Waals surface area contributed by atoms with Crippen molar-refractivity contribution in [1.29, 1.82) is 0 Å². The fraction of sp³-hybridized carbons (Fsp3) is 0. The maximum absolute atomic E-state index is 6.10. The van der Waals surface area contributed by atoms with Gasteiger partial charge in [0.1, 0.15) is 11.2 Å². The third-order valence-corrected chi connectivity index (χ3v) is 7.59. The Morgan fingerprint density at radius 2 is 1.03 bits per heavy atom. The second-order valence-corrected chi connectivity index (χ2v) is 9.81. The highest BCUT2D eigenvalue weighted by molar-refractivity contribution is 6.11. The maximum atomic E-state index is 6.10. The molecule has 0 atom stereocenters. The molecule has 2 heterocycles. The van der Waals surface area contributed by atoms with E-state index in [1.165, 1.54) is 44.1 Å². The molecule has 2 nitrogen and oxygen atoms in total. The van der Waals surface area contributed by atoms with Crippen LogP contribution in [0.1, 0.15) is 0 Å². The zero-order valence-electron chi connectivity index (χ0n) is 20.6. The molecule has 6 aromatic carbocycles. The molecule has 38 heavy (non-hydrogen) atoms. The quantitative estimate of drug-likeness (QED) is 0.243. The number of hydrogen-bond acceptors (Lipinski definition) is 1. The summed E-state index contributed by atoms with van der Waals surface area (Å²) in [5.41, 5.74) is 10.3. The Hall–Kier alpha value is -5.08. The van der Waals surface area contributed by atoms with E-state index in [2.05, 4.69) is 132 Å². The van der Waals surface area contributed by atoms with E-state index < -0.39 is 0 Å². The molecule has 0 N–H and O–H groups in total. The molecule has 2 heteroatoms.